The van der Waals surface area contributed by atoms with E-state index in [-0.39, 0.29) is 17.2 Å². The van der Waals surface area contributed by atoms with Crippen molar-refractivity contribution in [2.75, 3.05) is 0 Å². The molecule has 0 fully saturated rings. The van der Waals surface area contributed by atoms with Crippen LogP contribution in [0.25, 0.3) is 0 Å². The van der Waals surface area contributed by atoms with Gasteiger partial charge in [-0.3, -0.25) is 0 Å². The summed E-state index contributed by atoms with van der Waals surface area (Å²) in [6, 6.07) is 1.54. The molecule has 1 heterocycles. The van der Waals surface area contributed by atoms with Crippen LogP contribution in [0, 0.1) is 6.92 Å². The van der Waals surface area contributed by atoms with E-state index >= 15 is 0 Å². The fraction of sp³-hybridized carbons (Fsp3) is 0.545. The molecular weight excluding hydrogens is 180 g/mol. The standard InChI is InChI=1S/C11H16O3/c1-4-5-7(2)10-6-9(12)8(3)11(13)14-10/h6-7,12H,4-5H2,1-3H3/t7-/m0/s1. The normalized spacial score (nSPS) is 12.8. The minimum absolute atomic E-state index is 0.0270. The highest BCUT2D eigenvalue weighted by molar-refractivity contribution is 5.29. The number of aromatic hydroxyl groups is 1. The molecule has 0 saturated heterocycles. The average molecular weight is 196 g/mol. The predicted octanol–water partition coefficient (Wildman–Crippen LogP) is 2.56. The molecule has 0 unspecified atom stereocenters. The first-order chi connectivity index (χ1) is 6.56. The smallest absolute Gasteiger partial charge is 0.342 e. The minimum atomic E-state index is -0.442. The lowest BCUT2D eigenvalue weighted by Gasteiger charge is -2.09. The largest absolute Gasteiger partial charge is 0.507 e. The first-order valence-electron chi connectivity index (χ1n) is 4.89. The molecule has 0 aliphatic rings. The van der Waals surface area contributed by atoms with Crippen molar-refractivity contribution in [3.05, 3.63) is 27.8 Å². The van der Waals surface area contributed by atoms with Crippen molar-refractivity contribution < 1.29 is 9.52 Å². The van der Waals surface area contributed by atoms with Crippen LogP contribution in [0.2, 0.25) is 0 Å². The Morgan fingerprint density at radius 1 is 1.57 bits per heavy atom. The van der Waals surface area contributed by atoms with E-state index in [2.05, 4.69) is 6.92 Å². The van der Waals surface area contributed by atoms with Crippen LogP contribution in [0.4, 0.5) is 0 Å². The predicted molar refractivity (Wildman–Crippen MR) is 54.7 cm³/mol. The number of hydrogen-bond donors (Lipinski definition) is 1. The van der Waals surface area contributed by atoms with Crippen LogP contribution in [0.1, 0.15) is 43.9 Å². The maximum absolute atomic E-state index is 11.2. The van der Waals surface area contributed by atoms with Gasteiger partial charge in [-0.15, -0.1) is 0 Å². The molecule has 0 aliphatic carbocycles. The molecule has 3 heteroatoms. The summed E-state index contributed by atoms with van der Waals surface area (Å²) in [6.45, 7) is 5.61. The van der Waals surface area contributed by atoms with Gasteiger partial charge in [0.05, 0.1) is 5.56 Å². The summed E-state index contributed by atoms with van der Waals surface area (Å²) in [5.41, 5.74) is -0.166. The lowest BCUT2D eigenvalue weighted by Crippen LogP contribution is -2.06. The topological polar surface area (TPSA) is 50.4 Å². The second-order valence-electron chi connectivity index (χ2n) is 3.64. The van der Waals surface area contributed by atoms with Crippen molar-refractivity contribution in [2.45, 2.75) is 39.5 Å². The highest BCUT2D eigenvalue weighted by Crippen LogP contribution is 2.23. The fourth-order valence-electron chi connectivity index (χ4n) is 1.38. The van der Waals surface area contributed by atoms with E-state index in [1.165, 1.54) is 6.07 Å². The van der Waals surface area contributed by atoms with Crippen LogP contribution < -0.4 is 5.63 Å². The Balaban J connectivity index is 3.06. The highest BCUT2D eigenvalue weighted by atomic mass is 16.4. The lowest BCUT2D eigenvalue weighted by molar-refractivity contribution is 0.393. The molecule has 0 aliphatic heterocycles. The van der Waals surface area contributed by atoms with E-state index in [4.69, 9.17) is 4.42 Å². The van der Waals surface area contributed by atoms with Crippen LogP contribution >= 0.6 is 0 Å². The van der Waals surface area contributed by atoms with Crippen LogP contribution in [0.15, 0.2) is 15.3 Å². The Hall–Kier alpha value is -1.25. The summed E-state index contributed by atoms with van der Waals surface area (Å²) in [6.07, 6.45) is 1.98. The van der Waals surface area contributed by atoms with E-state index in [0.717, 1.165) is 12.8 Å². The zero-order valence-electron chi connectivity index (χ0n) is 8.83. The van der Waals surface area contributed by atoms with Crippen LogP contribution in [-0.4, -0.2) is 5.11 Å². The zero-order valence-corrected chi connectivity index (χ0v) is 8.83. The first kappa shape index (κ1) is 10.8. The van der Waals surface area contributed by atoms with Gasteiger partial charge in [-0.1, -0.05) is 20.3 Å². The number of hydrogen-bond acceptors (Lipinski definition) is 3. The third-order valence-electron chi connectivity index (χ3n) is 2.39. The zero-order chi connectivity index (χ0) is 10.7. The Kier molecular flexibility index (Phi) is 3.33. The molecule has 1 aromatic rings. The molecule has 0 spiro atoms. The molecule has 1 aromatic heterocycles. The van der Waals surface area contributed by atoms with Crippen molar-refractivity contribution in [3.8, 4) is 5.75 Å². The van der Waals surface area contributed by atoms with Crippen molar-refractivity contribution in [1.82, 2.24) is 0 Å². The fourth-order valence-corrected chi connectivity index (χ4v) is 1.38. The van der Waals surface area contributed by atoms with Gasteiger partial charge in [0, 0.05) is 12.0 Å². The molecule has 1 rings (SSSR count). The molecule has 0 amide bonds. The van der Waals surface area contributed by atoms with Gasteiger partial charge in [0.25, 0.3) is 0 Å². The SMILES string of the molecule is CCC[C@H](C)c1cc(O)c(C)c(=O)o1. The van der Waals surface area contributed by atoms with Gasteiger partial charge < -0.3 is 9.52 Å². The molecular formula is C11H16O3. The van der Waals surface area contributed by atoms with Gasteiger partial charge in [-0.2, -0.15) is 0 Å². The van der Waals surface area contributed by atoms with Gasteiger partial charge in [0.15, 0.2) is 0 Å². The Morgan fingerprint density at radius 2 is 2.21 bits per heavy atom. The van der Waals surface area contributed by atoms with E-state index in [0.29, 0.717) is 5.76 Å². The quantitative estimate of drug-likeness (QED) is 0.808. The van der Waals surface area contributed by atoms with E-state index in [1.807, 2.05) is 6.92 Å². The molecule has 14 heavy (non-hydrogen) atoms. The van der Waals surface area contributed by atoms with E-state index < -0.39 is 5.63 Å². The van der Waals surface area contributed by atoms with Crippen molar-refractivity contribution in [3.63, 3.8) is 0 Å². The van der Waals surface area contributed by atoms with Gasteiger partial charge in [0.2, 0.25) is 0 Å². The number of rotatable bonds is 3. The Labute approximate surface area is 83.4 Å². The highest BCUT2D eigenvalue weighted by Gasteiger charge is 2.11. The first-order valence-corrected chi connectivity index (χ1v) is 4.89. The molecule has 78 valence electrons. The molecule has 0 radical (unpaired) electrons. The second-order valence-corrected chi connectivity index (χ2v) is 3.64. The summed E-state index contributed by atoms with van der Waals surface area (Å²) in [7, 11) is 0. The lowest BCUT2D eigenvalue weighted by atomic mass is 10.0. The molecule has 0 aromatic carbocycles. The third kappa shape index (κ3) is 2.16. The molecule has 1 atom stereocenters. The van der Waals surface area contributed by atoms with Gasteiger partial charge in [-0.05, 0) is 13.3 Å². The summed E-state index contributed by atoms with van der Waals surface area (Å²) >= 11 is 0. The molecule has 0 bridgehead atoms. The minimum Gasteiger partial charge on any atom is -0.507 e. The van der Waals surface area contributed by atoms with Crippen molar-refractivity contribution in [2.24, 2.45) is 0 Å². The summed E-state index contributed by atoms with van der Waals surface area (Å²) in [5.74, 6) is 0.776. The summed E-state index contributed by atoms with van der Waals surface area (Å²) < 4.78 is 5.09. The van der Waals surface area contributed by atoms with Gasteiger partial charge >= 0.3 is 5.63 Å². The maximum atomic E-state index is 11.2. The summed E-state index contributed by atoms with van der Waals surface area (Å²) in [4.78, 5) is 11.2. The molecule has 0 saturated carbocycles. The van der Waals surface area contributed by atoms with Gasteiger partial charge in [-0.25, -0.2) is 4.79 Å². The van der Waals surface area contributed by atoms with E-state index in [9.17, 15) is 9.90 Å². The van der Waals surface area contributed by atoms with Crippen LogP contribution in [0.3, 0.4) is 0 Å². The Morgan fingerprint density at radius 3 is 2.71 bits per heavy atom. The van der Waals surface area contributed by atoms with Crippen molar-refractivity contribution >= 4 is 0 Å². The molecule has 1 N–H and O–H groups in total. The third-order valence-corrected chi connectivity index (χ3v) is 2.39. The van der Waals surface area contributed by atoms with Crippen LogP contribution in [0.5, 0.6) is 5.75 Å². The summed E-state index contributed by atoms with van der Waals surface area (Å²) in [5, 5.41) is 9.44. The van der Waals surface area contributed by atoms with Gasteiger partial charge in [0.1, 0.15) is 11.5 Å². The second kappa shape index (κ2) is 4.31. The van der Waals surface area contributed by atoms with Crippen LogP contribution in [-0.2, 0) is 0 Å². The average Bonchev–Trinajstić information content (AvgIpc) is 2.13. The monoisotopic (exact) mass is 196 g/mol. The Bertz CT molecular complexity index is 365. The molecule has 3 nitrogen and oxygen atoms in total. The van der Waals surface area contributed by atoms with Crippen molar-refractivity contribution in [1.29, 1.82) is 0 Å². The maximum Gasteiger partial charge on any atom is 0.342 e. The van der Waals surface area contributed by atoms with E-state index in [1.54, 1.807) is 6.92 Å².